The Labute approximate surface area is 178 Å². The molecule has 8 nitrogen and oxygen atoms in total. The summed E-state index contributed by atoms with van der Waals surface area (Å²) in [6.45, 7) is 0. The van der Waals surface area contributed by atoms with Crippen molar-refractivity contribution in [3.05, 3.63) is 70.8 Å². The van der Waals surface area contributed by atoms with Crippen LogP contribution in [0.4, 0.5) is 4.39 Å². The molecule has 1 aromatic carbocycles. The fourth-order valence-corrected chi connectivity index (χ4v) is 4.45. The first-order valence-corrected chi connectivity index (χ1v) is 10.6. The zero-order valence-electron chi connectivity index (χ0n) is 16.9. The maximum Gasteiger partial charge on any atom is 0.267 e. The number of hydrogen-bond acceptors (Lipinski definition) is 5. The van der Waals surface area contributed by atoms with Gasteiger partial charge >= 0.3 is 0 Å². The number of amides is 1. The van der Waals surface area contributed by atoms with Crippen LogP contribution >= 0.6 is 0 Å². The molecule has 1 amide bonds. The largest absolute Gasteiger partial charge is 0.353 e. The predicted octanol–water partition coefficient (Wildman–Crippen LogP) is 2.29. The summed E-state index contributed by atoms with van der Waals surface area (Å²) in [6, 6.07) is 9.41. The van der Waals surface area contributed by atoms with Crippen LogP contribution in [-0.2, 0) is 10.2 Å². The molecular weight excluding hydrogens is 399 g/mol. The third kappa shape index (κ3) is 3.75. The minimum Gasteiger partial charge on any atom is -0.353 e. The Kier molecular flexibility index (Phi) is 4.88. The first-order valence-electron chi connectivity index (χ1n) is 10.6. The van der Waals surface area contributed by atoms with Crippen molar-refractivity contribution in [2.24, 2.45) is 0 Å². The lowest BCUT2D eigenvalue weighted by Gasteiger charge is -2.30. The number of rotatable bonds is 5. The van der Waals surface area contributed by atoms with Gasteiger partial charge in [-0.3, -0.25) is 9.59 Å². The summed E-state index contributed by atoms with van der Waals surface area (Å²) < 4.78 is 16.3. The summed E-state index contributed by atoms with van der Waals surface area (Å²) in [5.74, 6) is 0.267. The average Bonchev–Trinajstić information content (AvgIpc) is 3.42. The number of carbonyl (C=O) groups excluding carboxylic acids is 1. The number of halogens is 1. The highest BCUT2D eigenvalue weighted by Crippen LogP contribution is 2.48. The molecule has 0 atom stereocenters. The molecule has 2 aliphatic rings. The molecule has 2 aliphatic carbocycles. The number of carbonyl (C=O) groups is 1. The van der Waals surface area contributed by atoms with E-state index in [9.17, 15) is 14.0 Å². The van der Waals surface area contributed by atoms with E-state index in [1.807, 2.05) is 0 Å². The van der Waals surface area contributed by atoms with Crippen LogP contribution in [0.3, 0.4) is 0 Å². The minimum atomic E-state index is -0.519. The molecule has 0 aliphatic heterocycles. The molecule has 0 spiro atoms. The first kappa shape index (κ1) is 19.6. The van der Waals surface area contributed by atoms with Gasteiger partial charge < -0.3 is 5.32 Å². The van der Waals surface area contributed by atoms with E-state index < -0.39 is 5.41 Å². The smallest absolute Gasteiger partial charge is 0.267 e. The highest BCUT2D eigenvalue weighted by molar-refractivity contribution is 5.91. The second-order valence-corrected chi connectivity index (χ2v) is 8.38. The molecular formula is C22H23FN6O2. The van der Waals surface area contributed by atoms with Crippen LogP contribution < -0.4 is 10.9 Å². The Morgan fingerprint density at radius 1 is 1.06 bits per heavy atom. The fourth-order valence-electron chi connectivity index (χ4n) is 4.45. The van der Waals surface area contributed by atoms with Crippen LogP contribution in [0, 0.1) is 5.82 Å². The number of hydrogen-bond donors (Lipinski definition) is 1. The molecule has 5 rings (SSSR count). The zero-order valence-corrected chi connectivity index (χ0v) is 16.9. The third-order valence-corrected chi connectivity index (χ3v) is 6.42. The van der Waals surface area contributed by atoms with E-state index in [0.717, 1.165) is 44.1 Å². The molecule has 0 saturated heterocycles. The van der Waals surface area contributed by atoms with Crippen LogP contribution in [0.2, 0.25) is 0 Å². The van der Waals surface area contributed by atoms with Gasteiger partial charge in [0.05, 0.1) is 11.5 Å². The molecule has 2 fully saturated rings. The minimum absolute atomic E-state index is 0.0175. The van der Waals surface area contributed by atoms with E-state index in [4.69, 9.17) is 0 Å². The Hall–Kier alpha value is -3.36. The van der Waals surface area contributed by atoms with Gasteiger partial charge in [-0.05, 0) is 62.3 Å². The third-order valence-electron chi connectivity index (χ3n) is 6.42. The van der Waals surface area contributed by atoms with E-state index in [1.54, 1.807) is 24.5 Å². The summed E-state index contributed by atoms with van der Waals surface area (Å²) in [6.07, 6.45) is 7.59. The Morgan fingerprint density at radius 2 is 1.81 bits per heavy atom. The van der Waals surface area contributed by atoms with Crippen molar-refractivity contribution in [1.29, 1.82) is 0 Å². The molecule has 2 aromatic heterocycles. The molecule has 0 bridgehead atoms. The molecule has 2 heterocycles. The summed E-state index contributed by atoms with van der Waals surface area (Å²) >= 11 is 0. The molecule has 0 unspecified atom stereocenters. The van der Waals surface area contributed by atoms with Crippen molar-refractivity contribution < 1.29 is 9.18 Å². The highest BCUT2D eigenvalue weighted by Gasteiger charge is 2.51. The second kappa shape index (κ2) is 7.72. The second-order valence-electron chi connectivity index (χ2n) is 8.38. The summed E-state index contributed by atoms with van der Waals surface area (Å²) in [7, 11) is 0. The van der Waals surface area contributed by atoms with Gasteiger partial charge in [0, 0.05) is 12.1 Å². The van der Waals surface area contributed by atoms with Crippen LogP contribution in [0.15, 0.2) is 53.8 Å². The lowest BCUT2D eigenvalue weighted by atomic mass is 9.89. The Balaban J connectivity index is 1.23. The van der Waals surface area contributed by atoms with Crippen molar-refractivity contribution in [2.45, 2.75) is 56.0 Å². The molecule has 160 valence electrons. The summed E-state index contributed by atoms with van der Waals surface area (Å²) in [5, 5.41) is 11.7. The summed E-state index contributed by atoms with van der Waals surface area (Å²) in [4.78, 5) is 29.3. The van der Waals surface area contributed by atoms with Gasteiger partial charge in [0.1, 0.15) is 18.5 Å². The number of nitrogens with one attached hydrogen (secondary N) is 1. The monoisotopic (exact) mass is 422 g/mol. The number of aromatic nitrogens is 5. The van der Waals surface area contributed by atoms with Gasteiger partial charge in [-0.15, -0.1) is 5.10 Å². The van der Waals surface area contributed by atoms with Crippen molar-refractivity contribution in [3.63, 3.8) is 0 Å². The van der Waals surface area contributed by atoms with Gasteiger partial charge in [-0.1, -0.05) is 12.1 Å². The van der Waals surface area contributed by atoms with Gasteiger partial charge in [-0.25, -0.2) is 18.7 Å². The van der Waals surface area contributed by atoms with E-state index in [-0.39, 0.29) is 29.4 Å². The maximum absolute atomic E-state index is 13.2. The fraction of sp³-hybridized carbons (Fsp3) is 0.409. The van der Waals surface area contributed by atoms with Crippen LogP contribution in [0.25, 0.3) is 5.82 Å². The quantitative estimate of drug-likeness (QED) is 0.681. The topological polar surface area (TPSA) is 94.7 Å². The Bertz CT molecular complexity index is 1130. The molecule has 2 saturated carbocycles. The van der Waals surface area contributed by atoms with Crippen molar-refractivity contribution in [2.75, 3.05) is 0 Å². The van der Waals surface area contributed by atoms with Crippen LogP contribution in [0.5, 0.6) is 0 Å². The van der Waals surface area contributed by atoms with E-state index in [1.165, 1.54) is 33.9 Å². The average molecular weight is 422 g/mol. The van der Waals surface area contributed by atoms with Crippen LogP contribution in [-0.4, -0.2) is 36.5 Å². The standard InChI is InChI=1S/C22H23FN6O2/c23-16-3-1-15(2-4-16)22(11-12-22)21(31)26-17-5-7-18(8-6-17)29-20(30)10-9-19(27-29)28-14-24-13-25-28/h1-4,9-10,13-14,17-18H,5-8,11-12H2,(H,26,31). The number of benzene rings is 1. The zero-order chi connectivity index (χ0) is 21.4. The van der Waals surface area contributed by atoms with Crippen molar-refractivity contribution in [1.82, 2.24) is 29.9 Å². The first-order chi connectivity index (χ1) is 15.0. The van der Waals surface area contributed by atoms with Gasteiger partial charge in [-0.2, -0.15) is 5.10 Å². The summed E-state index contributed by atoms with van der Waals surface area (Å²) in [5.41, 5.74) is 0.209. The molecule has 9 heteroatoms. The molecule has 0 radical (unpaired) electrons. The van der Waals surface area contributed by atoms with Gasteiger partial charge in [0.25, 0.3) is 5.56 Å². The van der Waals surface area contributed by atoms with E-state index in [0.29, 0.717) is 5.82 Å². The lowest BCUT2D eigenvalue weighted by molar-refractivity contribution is -0.124. The number of nitrogens with zero attached hydrogens (tertiary/aromatic N) is 5. The van der Waals surface area contributed by atoms with Gasteiger partial charge in [0.15, 0.2) is 5.82 Å². The normalized spacial score (nSPS) is 22.1. The predicted molar refractivity (Wildman–Crippen MR) is 110 cm³/mol. The lowest BCUT2D eigenvalue weighted by Crippen LogP contribution is -2.44. The van der Waals surface area contributed by atoms with Crippen LogP contribution in [0.1, 0.15) is 50.1 Å². The molecule has 1 N–H and O–H groups in total. The maximum atomic E-state index is 13.2. The van der Waals surface area contributed by atoms with E-state index >= 15 is 0 Å². The van der Waals surface area contributed by atoms with Crippen molar-refractivity contribution in [3.8, 4) is 5.82 Å². The van der Waals surface area contributed by atoms with Gasteiger partial charge in [0.2, 0.25) is 5.91 Å². The SMILES string of the molecule is O=C(NC1CCC(n2nc(-n3cncn3)ccc2=O)CC1)C1(c2ccc(F)cc2)CC1. The highest BCUT2D eigenvalue weighted by atomic mass is 19.1. The van der Waals surface area contributed by atoms with Crippen molar-refractivity contribution >= 4 is 5.91 Å². The van der Waals surface area contributed by atoms with E-state index in [2.05, 4.69) is 20.5 Å². The Morgan fingerprint density at radius 3 is 2.45 bits per heavy atom. The molecule has 3 aromatic rings. The molecule has 31 heavy (non-hydrogen) atoms.